The smallest absolute Gasteiger partial charge is 0.326 e. The monoisotopic (exact) mass is 367 g/mol. The highest BCUT2D eigenvalue weighted by Crippen LogP contribution is 2.35. The average Bonchev–Trinajstić information content (AvgIpc) is 2.74. The summed E-state index contributed by atoms with van der Waals surface area (Å²) in [5.74, 6) is -2.31. The van der Waals surface area contributed by atoms with E-state index in [9.17, 15) is 9.59 Å². The van der Waals surface area contributed by atoms with E-state index in [1.807, 2.05) is 35.9 Å². The summed E-state index contributed by atoms with van der Waals surface area (Å²) in [6, 6.07) is 7.66. The minimum atomic E-state index is -1.10. The summed E-state index contributed by atoms with van der Waals surface area (Å²) < 4.78 is 12.6. The van der Waals surface area contributed by atoms with Gasteiger partial charge in [0.05, 0.1) is 18.9 Å². The van der Waals surface area contributed by atoms with Gasteiger partial charge in [-0.2, -0.15) is 0 Å². The molecule has 0 atom stereocenters. The van der Waals surface area contributed by atoms with Crippen molar-refractivity contribution < 1.29 is 19.1 Å². The van der Waals surface area contributed by atoms with E-state index in [0.29, 0.717) is 10.2 Å². The van der Waals surface area contributed by atoms with E-state index in [2.05, 4.69) is 15.9 Å². The Balaban J connectivity index is 2.61. The summed E-state index contributed by atoms with van der Waals surface area (Å²) in [5.41, 5.74) is 1.46. The van der Waals surface area contributed by atoms with E-state index < -0.39 is 17.9 Å². The Morgan fingerprint density at radius 2 is 1.68 bits per heavy atom. The standard InChI is InChI=1S/C16H18BrNO4/c1-4-21-15(19)12(16(20)22-5-2)14-13(17)10-8-6-7-9-11(10)18(14)3/h6-9,12H,4-5H2,1-3H3. The first-order valence-corrected chi connectivity index (χ1v) is 7.88. The summed E-state index contributed by atoms with van der Waals surface area (Å²) in [6.45, 7) is 3.82. The molecule has 0 aliphatic heterocycles. The van der Waals surface area contributed by atoms with Gasteiger partial charge in [0, 0.05) is 22.4 Å². The van der Waals surface area contributed by atoms with Crippen molar-refractivity contribution >= 4 is 38.8 Å². The van der Waals surface area contributed by atoms with Crippen LogP contribution in [-0.4, -0.2) is 29.7 Å². The van der Waals surface area contributed by atoms with Crippen LogP contribution in [0, 0.1) is 0 Å². The van der Waals surface area contributed by atoms with Gasteiger partial charge in [-0.3, -0.25) is 9.59 Å². The molecule has 0 saturated heterocycles. The Morgan fingerprint density at radius 3 is 2.18 bits per heavy atom. The first-order chi connectivity index (χ1) is 10.5. The molecule has 118 valence electrons. The summed E-state index contributed by atoms with van der Waals surface area (Å²) >= 11 is 3.51. The third-order valence-corrected chi connectivity index (χ3v) is 4.24. The zero-order chi connectivity index (χ0) is 16.3. The van der Waals surface area contributed by atoms with E-state index in [1.165, 1.54) is 0 Å². The number of hydrogen-bond acceptors (Lipinski definition) is 4. The lowest BCUT2D eigenvalue weighted by Crippen LogP contribution is -2.28. The molecule has 1 aromatic carbocycles. The highest BCUT2D eigenvalue weighted by atomic mass is 79.9. The lowest BCUT2D eigenvalue weighted by molar-refractivity contribution is -0.157. The van der Waals surface area contributed by atoms with Crippen molar-refractivity contribution in [2.75, 3.05) is 13.2 Å². The van der Waals surface area contributed by atoms with Gasteiger partial charge in [0.1, 0.15) is 0 Å². The Kier molecular flexibility index (Phi) is 5.24. The minimum absolute atomic E-state index is 0.205. The largest absolute Gasteiger partial charge is 0.465 e. The lowest BCUT2D eigenvalue weighted by atomic mass is 10.1. The molecule has 2 aromatic rings. The molecule has 0 N–H and O–H groups in total. The van der Waals surface area contributed by atoms with Crippen molar-refractivity contribution in [2.45, 2.75) is 19.8 Å². The molecular weight excluding hydrogens is 350 g/mol. The number of hydrogen-bond donors (Lipinski definition) is 0. The highest BCUT2D eigenvalue weighted by Gasteiger charge is 2.36. The third kappa shape index (κ3) is 2.88. The molecule has 6 heteroatoms. The predicted octanol–water partition coefficient (Wildman–Crippen LogP) is 3.15. The van der Waals surface area contributed by atoms with Gasteiger partial charge in [0.25, 0.3) is 0 Å². The molecule has 0 spiro atoms. The van der Waals surface area contributed by atoms with Crippen LogP contribution < -0.4 is 0 Å². The second-order valence-corrected chi connectivity index (χ2v) is 5.51. The van der Waals surface area contributed by atoms with E-state index in [0.717, 1.165) is 10.9 Å². The zero-order valence-electron chi connectivity index (χ0n) is 12.8. The van der Waals surface area contributed by atoms with Crippen LogP contribution in [0.15, 0.2) is 28.7 Å². The molecule has 5 nitrogen and oxygen atoms in total. The van der Waals surface area contributed by atoms with Crippen molar-refractivity contribution in [1.82, 2.24) is 4.57 Å². The van der Waals surface area contributed by atoms with E-state index >= 15 is 0 Å². The highest BCUT2D eigenvalue weighted by molar-refractivity contribution is 9.10. The van der Waals surface area contributed by atoms with Gasteiger partial charge in [-0.1, -0.05) is 18.2 Å². The Morgan fingerprint density at radius 1 is 1.14 bits per heavy atom. The molecule has 0 aliphatic rings. The van der Waals surface area contributed by atoms with Gasteiger partial charge in [-0.25, -0.2) is 0 Å². The van der Waals surface area contributed by atoms with Crippen molar-refractivity contribution in [3.8, 4) is 0 Å². The summed E-state index contributed by atoms with van der Waals surface area (Å²) in [5, 5.41) is 0.929. The van der Waals surface area contributed by atoms with Crippen LogP contribution in [0.1, 0.15) is 25.5 Å². The number of nitrogens with zero attached hydrogens (tertiary/aromatic N) is 1. The quantitative estimate of drug-likeness (QED) is 0.601. The summed E-state index contributed by atoms with van der Waals surface area (Å²) in [6.07, 6.45) is 0. The second kappa shape index (κ2) is 6.96. The molecule has 0 aliphatic carbocycles. The Labute approximate surface area is 137 Å². The van der Waals surface area contributed by atoms with Crippen molar-refractivity contribution in [1.29, 1.82) is 0 Å². The van der Waals surface area contributed by atoms with Gasteiger partial charge in [0.2, 0.25) is 0 Å². The van der Waals surface area contributed by atoms with Gasteiger partial charge in [0.15, 0.2) is 5.92 Å². The number of rotatable bonds is 5. The maximum atomic E-state index is 12.3. The maximum Gasteiger partial charge on any atom is 0.326 e. The zero-order valence-corrected chi connectivity index (χ0v) is 14.3. The normalized spacial score (nSPS) is 11.0. The van der Waals surface area contributed by atoms with Gasteiger partial charge in [-0.05, 0) is 35.8 Å². The number of para-hydroxylation sites is 1. The van der Waals surface area contributed by atoms with Crippen LogP contribution >= 0.6 is 15.9 Å². The average molecular weight is 368 g/mol. The number of ether oxygens (including phenoxy) is 2. The molecule has 0 bridgehead atoms. The van der Waals surface area contributed by atoms with Gasteiger partial charge >= 0.3 is 11.9 Å². The number of carbonyl (C=O) groups is 2. The number of esters is 2. The molecule has 0 saturated carbocycles. The molecule has 0 fully saturated rings. The number of carbonyl (C=O) groups excluding carboxylic acids is 2. The molecular formula is C16H18BrNO4. The first-order valence-electron chi connectivity index (χ1n) is 7.08. The van der Waals surface area contributed by atoms with Crippen LogP contribution in [-0.2, 0) is 26.1 Å². The number of halogens is 1. The number of aryl methyl sites for hydroxylation is 1. The van der Waals surface area contributed by atoms with Gasteiger partial charge in [-0.15, -0.1) is 0 Å². The van der Waals surface area contributed by atoms with Crippen LogP contribution in [0.3, 0.4) is 0 Å². The van der Waals surface area contributed by atoms with Crippen LogP contribution in [0.2, 0.25) is 0 Å². The fourth-order valence-electron chi connectivity index (χ4n) is 2.46. The SMILES string of the molecule is CCOC(=O)C(C(=O)OCC)c1c(Br)c2ccccc2n1C. The molecule has 1 aromatic heterocycles. The van der Waals surface area contributed by atoms with Crippen molar-refractivity contribution in [3.05, 3.63) is 34.4 Å². The van der Waals surface area contributed by atoms with Crippen LogP contribution in [0.5, 0.6) is 0 Å². The van der Waals surface area contributed by atoms with E-state index in [-0.39, 0.29) is 13.2 Å². The fourth-order valence-corrected chi connectivity index (χ4v) is 3.29. The summed E-state index contributed by atoms with van der Waals surface area (Å²) in [4.78, 5) is 24.6. The minimum Gasteiger partial charge on any atom is -0.465 e. The van der Waals surface area contributed by atoms with Crippen LogP contribution in [0.4, 0.5) is 0 Å². The molecule has 0 radical (unpaired) electrons. The Hall–Kier alpha value is -1.82. The van der Waals surface area contributed by atoms with E-state index in [4.69, 9.17) is 9.47 Å². The van der Waals surface area contributed by atoms with Gasteiger partial charge < -0.3 is 14.0 Å². The van der Waals surface area contributed by atoms with E-state index in [1.54, 1.807) is 13.8 Å². The molecule has 0 unspecified atom stereocenters. The number of aromatic nitrogens is 1. The molecule has 22 heavy (non-hydrogen) atoms. The number of fused-ring (bicyclic) bond motifs is 1. The number of benzene rings is 1. The maximum absolute atomic E-state index is 12.3. The fraction of sp³-hybridized carbons (Fsp3) is 0.375. The molecule has 1 heterocycles. The topological polar surface area (TPSA) is 57.5 Å². The summed E-state index contributed by atoms with van der Waals surface area (Å²) in [7, 11) is 1.81. The third-order valence-electron chi connectivity index (χ3n) is 3.41. The second-order valence-electron chi connectivity index (χ2n) is 4.71. The molecule has 2 rings (SSSR count). The van der Waals surface area contributed by atoms with Crippen molar-refractivity contribution in [3.63, 3.8) is 0 Å². The first kappa shape index (κ1) is 16.5. The predicted molar refractivity (Wildman–Crippen MR) is 86.6 cm³/mol. The Bertz CT molecular complexity index is 650. The molecule has 0 amide bonds. The van der Waals surface area contributed by atoms with Crippen molar-refractivity contribution in [2.24, 2.45) is 7.05 Å². The van der Waals surface area contributed by atoms with Crippen LogP contribution in [0.25, 0.3) is 10.9 Å². The lowest BCUT2D eigenvalue weighted by Gasteiger charge is -2.16.